The maximum absolute atomic E-state index is 11.8. The number of carbonyl (C=O) groups is 1. The van der Waals surface area contributed by atoms with E-state index in [9.17, 15) is 4.79 Å². The summed E-state index contributed by atoms with van der Waals surface area (Å²) in [6.07, 6.45) is 4.51. The van der Waals surface area contributed by atoms with Crippen LogP contribution >= 0.6 is 0 Å². The van der Waals surface area contributed by atoms with Gasteiger partial charge in [0.1, 0.15) is 0 Å². The zero-order valence-electron chi connectivity index (χ0n) is 12.1. The second kappa shape index (κ2) is 7.44. The van der Waals surface area contributed by atoms with Crippen molar-refractivity contribution in [3.63, 3.8) is 0 Å². The minimum atomic E-state index is -0.0229. The van der Waals surface area contributed by atoms with Gasteiger partial charge in [-0.1, -0.05) is 12.1 Å². The average Bonchev–Trinajstić information content (AvgIpc) is 2.90. The van der Waals surface area contributed by atoms with E-state index >= 15 is 0 Å². The van der Waals surface area contributed by atoms with Gasteiger partial charge in [-0.3, -0.25) is 9.48 Å². The Morgan fingerprint density at radius 2 is 2.14 bits per heavy atom. The topological polar surface area (TPSA) is 82.2 Å². The molecule has 0 fully saturated rings. The first-order valence-electron chi connectivity index (χ1n) is 6.87. The maximum atomic E-state index is 11.8. The molecule has 1 heterocycles. The lowest BCUT2D eigenvalue weighted by Crippen LogP contribution is -2.12. The fourth-order valence-electron chi connectivity index (χ4n) is 1.84. The predicted octanol–water partition coefficient (Wildman–Crippen LogP) is 1.68. The van der Waals surface area contributed by atoms with Crippen molar-refractivity contribution in [2.45, 2.75) is 19.4 Å². The molecule has 0 saturated heterocycles. The molecule has 21 heavy (non-hydrogen) atoms. The van der Waals surface area contributed by atoms with E-state index in [0.717, 1.165) is 17.0 Å². The molecule has 0 radical (unpaired) electrons. The number of amides is 1. The van der Waals surface area contributed by atoms with Crippen LogP contribution in [0.3, 0.4) is 0 Å². The Hall–Kier alpha value is -2.34. The molecule has 0 unspecified atom stereocenters. The SMILES string of the molecule is Cn1cc(OCCCC(=O)Nc2ccc(CN)cc2)cn1. The van der Waals surface area contributed by atoms with Crippen molar-refractivity contribution >= 4 is 11.6 Å². The minimum Gasteiger partial charge on any atom is -0.490 e. The summed E-state index contributed by atoms with van der Waals surface area (Å²) in [5.41, 5.74) is 7.35. The Labute approximate surface area is 123 Å². The Balaban J connectivity index is 1.67. The highest BCUT2D eigenvalue weighted by molar-refractivity contribution is 5.90. The smallest absolute Gasteiger partial charge is 0.224 e. The third-order valence-electron chi connectivity index (χ3n) is 2.97. The molecule has 1 aromatic carbocycles. The number of hydrogen-bond acceptors (Lipinski definition) is 4. The third-order valence-corrected chi connectivity index (χ3v) is 2.97. The molecule has 1 amide bonds. The van der Waals surface area contributed by atoms with Crippen molar-refractivity contribution in [3.05, 3.63) is 42.2 Å². The van der Waals surface area contributed by atoms with Crippen molar-refractivity contribution in [2.75, 3.05) is 11.9 Å². The number of aromatic nitrogens is 2. The lowest BCUT2D eigenvalue weighted by Gasteiger charge is -2.06. The number of nitrogens with one attached hydrogen (secondary N) is 1. The van der Waals surface area contributed by atoms with Crippen LogP contribution < -0.4 is 15.8 Å². The number of carbonyl (C=O) groups excluding carboxylic acids is 1. The van der Waals surface area contributed by atoms with Crippen molar-refractivity contribution < 1.29 is 9.53 Å². The summed E-state index contributed by atoms with van der Waals surface area (Å²) in [5.74, 6) is 0.695. The van der Waals surface area contributed by atoms with Gasteiger partial charge < -0.3 is 15.8 Å². The summed E-state index contributed by atoms with van der Waals surface area (Å²) in [7, 11) is 1.83. The zero-order chi connectivity index (χ0) is 15.1. The monoisotopic (exact) mass is 288 g/mol. The number of anilines is 1. The molecular weight excluding hydrogens is 268 g/mol. The second-order valence-electron chi connectivity index (χ2n) is 4.75. The van der Waals surface area contributed by atoms with Crippen LogP contribution in [0.2, 0.25) is 0 Å². The Bertz CT molecular complexity index is 578. The van der Waals surface area contributed by atoms with Gasteiger partial charge in [-0.15, -0.1) is 0 Å². The highest BCUT2D eigenvalue weighted by atomic mass is 16.5. The molecule has 0 aliphatic rings. The quantitative estimate of drug-likeness (QED) is 0.759. The highest BCUT2D eigenvalue weighted by Gasteiger charge is 2.03. The lowest BCUT2D eigenvalue weighted by atomic mass is 10.2. The first-order valence-corrected chi connectivity index (χ1v) is 6.87. The molecule has 0 atom stereocenters. The molecule has 0 aliphatic carbocycles. The fraction of sp³-hybridized carbons (Fsp3) is 0.333. The Morgan fingerprint density at radius 1 is 1.38 bits per heavy atom. The Kier molecular flexibility index (Phi) is 5.34. The van der Waals surface area contributed by atoms with Gasteiger partial charge in [-0.25, -0.2) is 0 Å². The lowest BCUT2D eigenvalue weighted by molar-refractivity contribution is -0.116. The molecule has 112 valence electrons. The van der Waals surface area contributed by atoms with Crippen LogP contribution in [-0.2, 0) is 18.4 Å². The van der Waals surface area contributed by atoms with Gasteiger partial charge in [0.25, 0.3) is 0 Å². The number of rotatable bonds is 7. The summed E-state index contributed by atoms with van der Waals surface area (Å²) in [6.45, 7) is 0.991. The van der Waals surface area contributed by atoms with Gasteiger partial charge in [0, 0.05) is 25.7 Å². The van der Waals surface area contributed by atoms with Gasteiger partial charge in [-0.05, 0) is 24.1 Å². The molecule has 2 aromatic rings. The first kappa shape index (κ1) is 15.1. The van der Waals surface area contributed by atoms with Crippen molar-refractivity contribution in [1.29, 1.82) is 0 Å². The highest BCUT2D eigenvalue weighted by Crippen LogP contribution is 2.10. The van der Waals surface area contributed by atoms with E-state index in [1.165, 1.54) is 0 Å². The van der Waals surface area contributed by atoms with Gasteiger partial charge in [0.15, 0.2) is 5.75 Å². The average molecular weight is 288 g/mol. The predicted molar refractivity (Wildman–Crippen MR) is 80.9 cm³/mol. The number of ether oxygens (including phenoxy) is 1. The van der Waals surface area contributed by atoms with Crippen LogP contribution in [0.15, 0.2) is 36.7 Å². The summed E-state index contributed by atoms with van der Waals surface area (Å²) >= 11 is 0. The molecule has 3 N–H and O–H groups in total. The van der Waals surface area contributed by atoms with Gasteiger partial charge in [-0.2, -0.15) is 5.10 Å². The standard InChI is InChI=1S/C15H20N4O2/c1-19-11-14(10-17-19)21-8-2-3-15(20)18-13-6-4-12(9-16)5-7-13/h4-7,10-11H,2-3,8-9,16H2,1H3,(H,18,20). The normalized spacial score (nSPS) is 10.4. The Morgan fingerprint density at radius 3 is 2.76 bits per heavy atom. The molecule has 6 nitrogen and oxygen atoms in total. The van der Waals surface area contributed by atoms with E-state index in [-0.39, 0.29) is 5.91 Å². The van der Waals surface area contributed by atoms with Crippen LogP contribution in [0.1, 0.15) is 18.4 Å². The molecule has 0 saturated carbocycles. The molecular formula is C15H20N4O2. The van der Waals surface area contributed by atoms with E-state index in [0.29, 0.717) is 26.0 Å². The minimum absolute atomic E-state index is 0.0229. The van der Waals surface area contributed by atoms with Crippen LogP contribution in [-0.4, -0.2) is 22.3 Å². The summed E-state index contributed by atoms with van der Waals surface area (Å²) in [4.78, 5) is 11.8. The number of hydrogen-bond donors (Lipinski definition) is 2. The molecule has 0 spiro atoms. The van der Waals surface area contributed by atoms with Gasteiger partial charge >= 0.3 is 0 Å². The van der Waals surface area contributed by atoms with Crippen molar-refractivity contribution in [3.8, 4) is 5.75 Å². The first-order chi connectivity index (χ1) is 10.2. The second-order valence-corrected chi connectivity index (χ2v) is 4.75. The van der Waals surface area contributed by atoms with E-state index in [4.69, 9.17) is 10.5 Å². The number of aryl methyl sites for hydroxylation is 1. The van der Waals surface area contributed by atoms with Crippen LogP contribution in [0.4, 0.5) is 5.69 Å². The maximum Gasteiger partial charge on any atom is 0.224 e. The van der Waals surface area contributed by atoms with Crippen molar-refractivity contribution in [1.82, 2.24) is 9.78 Å². The van der Waals surface area contributed by atoms with Crippen LogP contribution in [0.25, 0.3) is 0 Å². The molecule has 2 rings (SSSR count). The van der Waals surface area contributed by atoms with E-state index in [2.05, 4.69) is 10.4 Å². The molecule has 1 aromatic heterocycles. The number of nitrogens with zero attached hydrogens (tertiary/aromatic N) is 2. The summed E-state index contributed by atoms with van der Waals surface area (Å²) in [6, 6.07) is 7.51. The van der Waals surface area contributed by atoms with Crippen LogP contribution in [0.5, 0.6) is 5.75 Å². The van der Waals surface area contributed by atoms with Gasteiger partial charge in [0.05, 0.1) is 19.0 Å². The number of benzene rings is 1. The van der Waals surface area contributed by atoms with Crippen molar-refractivity contribution in [2.24, 2.45) is 12.8 Å². The van der Waals surface area contributed by atoms with Gasteiger partial charge in [0.2, 0.25) is 5.91 Å². The molecule has 0 aliphatic heterocycles. The summed E-state index contributed by atoms with van der Waals surface area (Å²) < 4.78 is 7.15. The third kappa shape index (κ3) is 4.92. The summed E-state index contributed by atoms with van der Waals surface area (Å²) in [5, 5.41) is 6.85. The zero-order valence-corrected chi connectivity index (χ0v) is 12.1. The van der Waals surface area contributed by atoms with E-state index < -0.39 is 0 Å². The number of nitrogens with two attached hydrogens (primary N) is 1. The van der Waals surface area contributed by atoms with Crippen LogP contribution in [0, 0.1) is 0 Å². The largest absolute Gasteiger partial charge is 0.490 e. The molecule has 0 bridgehead atoms. The van der Waals surface area contributed by atoms with E-state index in [1.807, 2.05) is 31.3 Å². The molecule has 6 heteroatoms. The van der Waals surface area contributed by atoms with E-state index in [1.54, 1.807) is 17.1 Å². The fourth-order valence-corrected chi connectivity index (χ4v) is 1.84.